The molecule has 0 radical (unpaired) electrons. The molecule has 1 aromatic carbocycles. The van der Waals surface area contributed by atoms with Gasteiger partial charge in [0.05, 0.1) is 16.8 Å². The summed E-state index contributed by atoms with van der Waals surface area (Å²) >= 11 is 1.67. The molecule has 2 aromatic rings. The highest BCUT2D eigenvalue weighted by Gasteiger charge is 2.12. The normalized spacial score (nSPS) is 12.5. The van der Waals surface area contributed by atoms with E-state index in [-0.39, 0.29) is 0 Å². The first-order valence-electron chi connectivity index (χ1n) is 6.35. The maximum Gasteiger partial charge on any atom is 0.0960 e. The summed E-state index contributed by atoms with van der Waals surface area (Å²) in [4.78, 5) is 7.74. The number of aliphatic hydroxyl groups excluding tert-OH is 1. The number of anilines is 1. The fraction of sp³-hybridized carbons (Fsp3) is 0.400. The van der Waals surface area contributed by atoms with E-state index in [0.29, 0.717) is 6.42 Å². The summed E-state index contributed by atoms with van der Waals surface area (Å²) in [6.07, 6.45) is 0.0990. The van der Waals surface area contributed by atoms with Gasteiger partial charge in [-0.05, 0) is 31.5 Å². The van der Waals surface area contributed by atoms with E-state index in [2.05, 4.69) is 11.9 Å². The van der Waals surface area contributed by atoms with Crippen molar-refractivity contribution in [2.24, 2.45) is 0 Å². The molecule has 1 N–H and O–H groups in total. The molecular formula is C15H20N2OS. The number of aliphatic hydroxyl groups is 1. The first kappa shape index (κ1) is 14.0. The minimum Gasteiger partial charge on any atom is -0.388 e. The van der Waals surface area contributed by atoms with Gasteiger partial charge in [-0.15, -0.1) is 11.3 Å². The Bertz CT molecular complexity index is 526. The predicted molar refractivity (Wildman–Crippen MR) is 81.0 cm³/mol. The van der Waals surface area contributed by atoms with Crippen molar-refractivity contribution >= 4 is 17.0 Å². The summed E-state index contributed by atoms with van der Waals surface area (Å²) in [5.41, 5.74) is 3.14. The first-order valence-corrected chi connectivity index (χ1v) is 7.17. The van der Waals surface area contributed by atoms with E-state index in [4.69, 9.17) is 0 Å². The van der Waals surface area contributed by atoms with E-state index in [9.17, 15) is 5.11 Å². The van der Waals surface area contributed by atoms with Crippen molar-refractivity contribution < 1.29 is 5.11 Å². The van der Waals surface area contributed by atoms with Gasteiger partial charge in [-0.2, -0.15) is 0 Å². The number of aryl methyl sites for hydroxylation is 2. The van der Waals surface area contributed by atoms with Crippen molar-refractivity contribution in [2.45, 2.75) is 26.4 Å². The second-order valence-electron chi connectivity index (χ2n) is 4.96. The van der Waals surface area contributed by atoms with Crippen LogP contribution in [0.25, 0.3) is 0 Å². The van der Waals surface area contributed by atoms with Crippen LogP contribution < -0.4 is 4.90 Å². The molecule has 0 saturated heterocycles. The highest BCUT2D eigenvalue weighted by atomic mass is 32.1. The van der Waals surface area contributed by atoms with Crippen LogP contribution in [0.1, 0.15) is 27.2 Å². The summed E-state index contributed by atoms with van der Waals surface area (Å²) in [6.45, 7) is 4.07. The summed E-state index contributed by atoms with van der Waals surface area (Å²) in [5, 5.41) is 11.3. The summed E-state index contributed by atoms with van der Waals surface area (Å²) in [7, 11) is 4.01. The Balaban J connectivity index is 2.09. The Labute approximate surface area is 118 Å². The summed E-state index contributed by atoms with van der Waals surface area (Å²) in [6, 6.07) is 8.01. The Morgan fingerprint density at radius 2 is 1.84 bits per heavy atom. The molecule has 3 nitrogen and oxygen atoms in total. The van der Waals surface area contributed by atoms with Crippen molar-refractivity contribution in [3.63, 3.8) is 0 Å². The third-order valence-corrected chi connectivity index (χ3v) is 4.33. The lowest BCUT2D eigenvalue weighted by atomic mass is 10.1. The van der Waals surface area contributed by atoms with E-state index in [1.54, 1.807) is 11.3 Å². The molecule has 0 saturated carbocycles. The molecule has 1 unspecified atom stereocenters. The average Bonchev–Trinajstić information content (AvgIpc) is 2.68. The van der Waals surface area contributed by atoms with Gasteiger partial charge in [0.25, 0.3) is 0 Å². The molecule has 0 aliphatic rings. The fourth-order valence-electron chi connectivity index (χ4n) is 1.90. The maximum absolute atomic E-state index is 10.3. The summed E-state index contributed by atoms with van der Waals surface area (Å²) < 4.78 is 0. The van der Waals surface area contributed by atoms with Gasteiger partial charge in [-0.25, -0.2) is 4.98 Å². The molecule has 0 bridgehead atoms. The van der Waals surface area contributed by atoms with Crippen LogP contribution in [0.15, 0.2) is 24.3 Å². The molecule has 102 valence electrons. The Hall–Kier alpha value is -1.39. The molecule has 0 aliphatic heterocycles. The number of hydrogen-bond acceptors (Lipinski definition) is 4. The van der Waals surface area contributed by atoms with Gasteiger partial charge < -0.3 is 10.0 Å². The van der Waals surface area contributed by atoms with Crippen LogP contribution >= 0.6 is 11.3 Å². The first-order chi connectivity index (χ1) is 8.97. The number of rotatable bonds is 4. The quantitative estimate of drug-likeness (QED) is 0.932. The molecule has 0 aliphatic carbocycles. The minimum atomic E-state index is -0.485. The largest absolute Gasteiger partial charge is 0.388 e. The van der Waals surface area contributed by atoms with E-state index < -0.39 is 6.10 Å². The Kier molecular flexibility index (Phi) is 4.22. The summed E-state index contributed by atoms with van der Waals surface area (Å²) in [5.74, 6) is 0. The number of nitrogens with zero attached hydrogens (tertiary/aromatic N) is 2. The topological polar surface area (TPSA) is 36.4 Å². The molecule has 2 rings (SSSR count). The van der Waals surface area contributed by atoms with Gasteiger partial charge in [0, 0.05) is 31.1 Å². The van der Waals surface area contributed by atoms with Crippen LogP contribution in [0.3, 0.4) is 0 Å². The smallest absolute Gasteiger partial charge is 0.0960 e. The van der Waals surface area contributed by atoms with Crippen LogP contribution in [-0.2, 0) is 6.42 Å². The van der Waals surface area contributed by atoms with E-state index in [0.717, 1.165) is 22.0 Å². The van der Waals surface area contributed by atoms with Crippen LogP contribution in [0, 0.1) is 13.8 Å². The van der Waals surface area contributed by atoms with Gasteiger partial charge >= 0.3 is 0 Å². The second-order valence-corrected chi connectivity index (χ2v) is 6.24. The third-order valence-electron chi connectivity index (χ3n) is 3.24. The highest BCUT2D eigenvalue weighted by Crippen LogP contribution is 2.24. The number of thiazole rings is 1. The average molecular weight is 276 g/mol. The number of aromatic nitrogens is 1. The van der Waals surface area contributed by atoms with Crippen LogP contribution in [0.4, 0.5) is 5.69 Å². The van der Waals surface area contributed by atoms with Gasteiger partial charge in [0.15, 0.2) is 0 Å². The molecule has 0 fully saturated rings. The van der Waals surface area contributed by atoms with Gasteiger partial charge in [0.2, 0.25) is 0 Å². The monoisotopic (exact) mass is 276 g/mol. The van der Waals surface area contributed by atoms with E-state index in [1.807, 2.05) is 50.2 Å². The predicted octanol–water partition coefficient (Wildman–Crippen LogP) is 3.10. The van der Waals surface area contributed by atoms with Crippen LogP contribution in [-0.4, -0.2) is 24.2 Å². The molecule has 4 heteroatoms. The fourth-order valence-corrected chi connectivity index (χ4v) is 2.87. The minimum absolute atomic E-state index is 0.485. The lowest BCUT2D eigenvalue weighted by Crippen LogP contribution is -2.09. The van der Waals surface area contributed by atoms with Gasteiger partial charge in [-0.1, -0.05) is 12.1 Å². The zero-order valence-corrected chi connectivity index (χ0v) is 12.7. The molecule has 1 heterocycles. The molecule has 1 aromatic heterocycles. The number of benzene rings is 1. The van der Waals surface area contributed by atoms with Crippen molar-refractivity contribution in [3.8, 4) is 0 Å². The van der Waals surface area contributed by atoms with Crippen LogP contribution in [0.2, 0.25) is 0 Å². The lowest BCUT2D eigenvalue weighted by molar-refractivity contribution is 0.178. The van der Waals surface area contributed by atoms with Gasteiger partial charge in [-0.3, -0.25) is 0 Å². The Morgan fingerprint density at radius 3 is 2.32 bits per heavy atom. The lowest BCUT2D eigenvalue weighted by Gasteiger charge is -2.14. The zero-order valence-electron chi connectivity index (χ0n) is 11.8. The van der Waals surface area contributed by atoms with Crippen molar-refractivity contribution in [1.82, 2.24) is 4.98 Å². The maximum atomic E-state index is 10.3. The molecule has 19 heavy (non-hydrogen) atoms. The molecular weight excluding hydrogens is 256 g/mol. The third kappa shape index (κ3) is 3.33. The van der Waals surface area contributed by atoms with Gasteiger partial charge in [0.1, 0.15) is 0 Å². The highest BCUT2D eigenvalue weighted by molar-refractivity contribution is 7.11. The standard InChI is InChI=1S/C15H20N2OS/c1-10-11(2)19-15(16-10)9-14(18)12-5-7-13(8-6-12)17(3)4/h5-8,14,18H,9H2,1-4H3. The van der Waals surface area contributed by atoms with Crippen molar-refractivity contribution in [1.29, 1.82) is 0 Å². The van der Waals surface area contributed by atoms with Crippen molar-refractivity contribution in [3.05, 3.63) is 45.4 Å². The van der Waals surface area contributed by atoms with Crippen molar-refractivity contribution in [2.75, 3.05) is 19.0 Å². The van der Waals surface area contributed by atoms with Crippen LogP contribution in [0.5, 0.6) is 0 Å². The molecule has 0 spiro atoms. The van der Waals surface area contributed by atoms with E-state index >= 15 is 0 Å². The zero-order chi connectivity index (χ0) is 14.0. The molecule has 0 amide bonds. The number of hydrogen-bond donors (Lipinski definition) is 1. The Morgan fingerprint density at radius 1 is 1.21 bits per heavy atom. The van der Waals surface area contributed by atoms with E-state index in [1.165, 1.54) is 4.88 Å². The molecule has 1 atom stereocenters. The SMILES string of the molecule is Cc1nc(CC(O)c2ccc(N(C)C)cc2)sc1C. The second kappa shape index (κ2) is 5.72.